The molecular formula is C17H17FN6O2. The van der Waals surface area contributed by atoms with Gasteiger partial charge in [-0.15, -0.1) is 5.10 Å². The highest BCUT2D eigenvalue weighted by molar-refractivity contribution is 5.88. The largest absolute Gasteiger partial charge is 0.292 e. The summed E-state index contributed by atoms with van der Waals surface area (Å²) in [5.41, 5.74) is 0.0331. The van der Waals surface area contributed by atoms with Crippen LogP contribution in [0.1, 0.15) is 25.6 Å². The Bertz CT molecular complexity index is 995. The first-order valence-corrected chi connectivity index (χ1v) is 7.99. The molecule has 0 aliphatic heterocycles. The van der Waals surface area contributed by atoms with Crippen LogP contribution in [-0.4, -0.2) is 30.9 Å². The summed E-state index contributed by atoms with van der Waals surface area (Å²) in [5, 5.41) is 13.2. The minimum absolute atomic E-state index is 0.122. The van der Waals surface area contributed by atoms with Gasteiger partial charge in [0.1, 0.15) is 18.2 Å². The number of aromatic nitrogens is 5. The van der Waals surface area contributed by atoms with E-state index >= 15 is 0 Å². The number of halogens is 1. The second kappa shape index (κ2) is 7.26. The van der Waals surface area contributed by atoms with Crippen molar-refractivity contribution < 1.29 is 9.18 Å². The molecular weight excluding hydrogens is 339 g/mol. The van der Waals surface area contributed by atoms with Crippen molar-refractivity contribution in [1.82, 2.24) is 25.0 Å². The zero-order chi connectivity index (χ0) is 18.7. The lowest BCUT2D eigenvalue weighted by Crippen LogP contribution is -2.29. The zero-order valence-corrected chi connectivity index (χ0v) is 14.2. The normalized spacial score (nSPS) is 10.9. The van der Waals surface area contributed by atoms with Crippen molar-refractivity contribution in [3.05, 3.63) is 58.4 Å². The molecule has 3 aromatic rings. The number of nitrogens with one attached hydrogen (secondary N) is 2. The summed E-state index contributed by atoms with van der Waals surface area (Å²) in [6.45, 7) is 3.53. The molecule has 8 nitrogen and oxygen atoms in total. The highest BCUT2D eigenvalue weighted by Gasteiger charge is 2.13. The third kappa shape index (κ3) is 3.82. The van der Waals surface area contributed by atoms with Crippen LogP contribution < -0.4 is 10.9 Å². The molecule has 2 N–H and O–H groups in total. The molecule has 0 saturated carbocycles. The minimum Gasteiger partial charge on any atom is -0.292 e. The maximum absolute atomic E-state index is 13.9. The van der Waals surface area contributed by atoms with E-state index in [-0.39, 0.29) is 29.7 Å². The Kier molecular flexibility index (Phi) is 4.87. The number of carbonyl (C=O) groups is 1. The van der Waals surface area contributed by atoms with Gasteiger partial charge in [-0.3, -0.25) is 20.0 Å². The monoisotopic (exact) mass is 356 g/mol. The smallest absolute Gasteiger partial charge is 0.267 e. The van der Waals surface area contributed by atoms with E-state index in [0.717, 1.165) is 4.68 Å². The summed E-state index contributed by atoms with van der Waals surface area (Å²) >= 11 is 0. The number of benzene rings is 1. The maximum atomic E-state index is 13.9. The lowest BCUT2D eigenvalue weighted by molar-refractivity contribution is -0.117. The molecule has 1 aromatic carbocycles. The number of hydrogen-bond acceptors (Lipinski definition) is 5. The Hall–Kier alpha value is -3.36. The van der Waals surface area contributed by atoms with Gasteiger partial charge in [0.25, 0.3) is 5.56 Å². The summed E-state index contributed by atoms with van der Waals surface area (Å²) in [4.78, 5) is 28.2. The van der Waals surface area contributed by atoms with Gasteiger partial charge in [0, 0.05) is 17.5 Å². The molecule has 3 rings (SSSR count). The molecule has 0 unspecified atom stereocenters. The fraction of sp³-hybridized carbons (Fsp3) is 0.235. The van der Waals surface area contributed by atoms with Crippen molar-refractivity contribution in [2.24, 2.45) is 0 Å². The van der Waals surface area contributed by atoms with Gasteiger partial charge < -0.3 is 0 Å². The van der Waals surface area contributed by atoms with Gasteiger partial charge in [-0.05, 0) is 18.2 Å². The van der Waals surface area contributed by atoms with Crippen molar-refractivity contribution in [2.45, 2.75) is 26.3 Å². The molecule has 0 bridgehead atoms. The first kappa shape index (κ1) is 17.5. The SMILES string of the molecule is CC(C)c1nc(NC(=O)Cn2nc(-c3ccccc3F)ccc2=O)n[nH]1. The zero-order valence-electron chi connectivity index (χ0n) is 14.2. The van der Waals surface area contributed by atoms with E-state index in [1.807, 2.05) is 13.8 Å². The lowest BCUT2D eigenvalue weighted by atomic mass is 10.1. The van der Waals surface area contributed by atoms with Crippen molar-refractivity contribution in [1.29, 1.82) is 0 Å². The fourth-order valence-corrected chi connectivity index (χ4v) is 2.26. The van der Waals surface area contributed by atoms with Gasteiger partial charge in [-0.25, -0.2) is 9.07 Å². The number of H-pyrrole nitrogens is 1. The Morgan fingerprint density at radius 3 is 2.73 bits per heavy atom. The highest BCUT2D eigenvalue weighted by atomic mass is 19.1. The third-order valence-electron chi connectivity index (χ3n) is 3.61. The van der Waals surface area contributed by atoms with Gasteiger partial charge >= 0.3 is 0 Å². The second-order valence-corrected chi connectivity index (χ2v) is 5.94. The minimum atomic E-state index is -0.514. The number of aromatic amines is 1. The maximum Gasteiger partial charge on any atom is 0.267 e. The van der Waals surface area contributed by atoms with E-state index in [4.69, 9.17) is 0 Å². The van der Waals surface area contributed by atoms with Crippen LogP contribution in [0.5, 0.6) is 0 Å². The molecule has 0 radical (unpaired) electrons. The molecule has 2 aromatic heterocycles. The molecule has 1 amide bonds. The van der Waals surface area contributed by atoms with Crippen LogP contribution in [0.2, 0.25) is 0 Å². The van der Waals surface area contributed by atoms with Gasteiger partial charge in [0.15, 0.2) is 0 Å². The van der Waals surface area contributed by atoms with E-state index < -0.39 is 17.3 Å². The molecule has 0 spiro atoms. The van der Waals surface area contributed by atoms with Crippen molar-refractivity contribution in [3.63, 3.8) is 0 Å². The van der Waals surface area contributed by atoms with E-state index in [1.54, 1.807) is 18.2 Å². The van der Waals surface area contributed by atoms with Crippen molar-refractivity contribution in [2.75, 3.05) is 5.32 Å². The third-order valence-corrected chi connectivity index (χ3v) is 3.61. The van der Waals surface area contributed by atoms with Gasteiger partial charge in [-0.2, -0.15) is 10.1 Å². The lowest BCUT2D eigenvalue weighted by Gasteiger charge is -2.07. The fourth-order valence-electron chi connectivity index (χ4n) is 2.26. The molecule has 0 aliphatic carbocycles. The van der Waals surface area contributed by atoms with E-state index in [9.17, 15) is 14.0 Å². The number of nitrogens with zero attached hydrogens (tertiary/aromatic N) is 4. The molecule has 0 fully saturated rings. The first-order valence-electron chi connectivity index (χ1n) is 7.99. The summed E-state index contributed by atoms with van der Waals surface area (Å²) < 4.78 is 14.9. The van der Waals surface area contributed by atoms with Crippen LogP contribution in [0.15, 0.2) is 41.2 Å². The topological polar surface area (TPSA) is 106 Å². The number of carbonyl (C=O) groups excluding carboxylic acids is 1. The molecule has 0 atom stereocenters. The van der Waals surface area contributed by atoms with Crippen LogP contribution in [0.25, 0.3) is 11.3 Å². The Morgan fingerprint density at radius 1 is 1.27 bits per heavy atom. The van der Waals surface area contributed by atoms with Crippen LogP contribution in [0.4, 0.5) is 10.3 Å². The van der Waals surface area contributed by atoms with Gasteiger partial charge in [0.2, 0.25) is 11.9 Å². The van der Waals surface area contributed by atoms with Crippen LogP contribution in [0.3, 0.4) is 0 Å². The molecule has 0 saturated heterocycles. The van der Waals surface area contributed by atoms with E-state index in [0.29, 0.717) is 5.82 Å². The van der Waals surface area contributed by atoms with Crippen molar-refractivity contribution in [3.8, 4) is 11.3 Å². The average molecular weight is 356 g/mol. The van der Waals surface area contributed by atoms with Crippen LogP contribution >= 0.6 is 0 Å². The summed E-state index contributed by atoms with van der Waals surface area (Å²) in [7, 11) is 0. The Balaban J connectivity index is 1.78. The molecule has 0 aliphatic rings. The number of amides is 1. The van der Waals surface area contributed by atoms with Crippen LogP contribution in [0, 0.1) is 5.82 Å². The number of rotatable bonds is 5. The van der Waals surface area contributed by atoms with Crippen molar-refractivity contribution >= 4 is 11.9 Å². The van der Waals surface area contributed by atoms with E-state index in [1.165, 1.54) is 18.2 Å². The number of anilines is 1. The molecule has 2 heterocycles. The van der Waals surface area contributed by atoms with E-state index in [2.05, 4.69) is 25.6 Å². The average Bonchev–Trinajstić information content (AvgIpc) is 3.06. The molecule has 26 heavy (non-hydrogen) atoms. The van der Waals surface area contributed by atoms with Crippen LogP contribution in [-0.2, 0) is 11.3 Å². The Labute approximate surface area is 148 Å². The van der Waals surface area contributed by atoms with Gasteiger partial charge in [-0.1, -0.05) is 26.0 Å². The Morgan fingerprint density at radius 2 is 2.04 bits per heavy atom. The number of hydrogen-bond donors (Lipinski definition) is 2. The summed E-state index contributed by atoms with van der Waals surface area (Å²) in [5.74, 6) is -0.0831. The summed E-state index contributed by atoms with van der Waals surface area (Å²) in [6.07, 6.45) is 0. The molecule has 134 valence electrons. The second-order valence-electron chi connectivity index (χ2n) is 5.94. The predicted molar refractivity (Wildman–Crippen MR) is 93.0 cm³/mol. The molecule has 9 heteroatoms. The quantitative estimate of drug-likeness (QED) is 0.727. The van der Waals surface area contributed by atoms with Gasteiger partial charge in [0.05, 0.1) is 5.69 Å². The standard InChI is InChI=1S/C17H17FN6O2/c1-10(2)16-20-17(22-21-16)19-14(25)9-24-15(26)8-7-13(23-24)11-5-3-4-6-12(11)18/h3-8,10H,9H2,1-2H3,(H2,19,20,21,22,25). The predicted octanol–water partition coefficient (Wildman–Crippen LogP) is 1.93. The highest BCUT2D eigenvalue weighted by Crippen LogP contribution is 2.18. The summed E-state index contributed by atoms with van der Waals surface area (Å²) in [6, 6.07) is 8.73. The first-order chi connectivity index (χ1) is 12.4.